The van der Waals surface area contributed by atoms with Crippen LogP contribution >= 0.6 is 0 Å². The summed E-state index contributed by atoms with van der Waals surface area (Å²) < 4.78 is 4.58. The van der Waals surface area contributed by atoms with Crippen LogP contribution in [0.2, 0.25) is 0 Å². The predicted molar refractivity (Wildman–Crippen MR) is 70.5 cm³/mol. The first kappa shape index (κ1) is 14.5. The second-order valence-electron chi connectivity index (χ2n) is 5.43. The summed E-state index contributed by atoms with van der Waals surface area (Å²) in [6.07, 6.45) is 0.266. The smallest absolute Gasteiger partial charge is 0.322 e. The number of aromatic hydroxyl groups is 1. The third-order valence-corrected chi connectivity index (χ3v) is 2.89. The van der Waals surface area contributed by atoms with E-state index in [2.05, 4.69) is 25.5 Å². The Labute approximate surface area is 108 Å². The highest BCUT2D eigenvalue weighted by atomic mass is 16.5. The monoisotopic (exact) mass is 251 g/mol. The summed E-state index contributed by atoms with van der Waals surface area (Å²) in [6, 6.07) is 4.65. The second kappa shape index (κ2) is 5.40. The lowest BCUT2D eigenvalue weighted by Gasteiger charge is -2.21. The molecule has 1 atom stereocenters. The highest BCUT2D eigenvalue weighted by Gasteiger charge is 2.19. The predicted octanol–water partition coefficient (Wildman–Crippen LogP) is 1.73. The number of hydrogen-bond donors (Lipinski definition) is 2. The topological polar surface area (TPSA) is 72.5 Å². The summed E-state index contributed by atoms with van der Waals surface area (Å²) >= 11 is 0. The normalized spacial score (nSPS) is 13.2. The SMILES string of the molecule is COC(=O)C(N)Cc1cc(C(C)(C)C)ccc1O. The molecule has 0 radical (unpaired) electrons. The molecule has 0 aliphatic heterocycles. The van der Waals surface area contributed by atoms with Crippen molar-refractivity contribution in [3.8, 4) is 5.75 Å². The number of nitrogens with two attached hydrogens (primary N) is 1. The molecule has 3 N–H and O–H groups in total. The van der Waals surface area contributed by atoms with Crippen molar-refractivity contribution in [1.29, 1.82) is 0 Å². The number of phenols is 1. The maximum absolute atomic E-state index is 11.3. The molecule has 0 bridgehead atoms. The summed E-state index contributed by atoms with van der Waals surface area (Å²) in [7, 11) is 1.30. The first-order valence-electron chi connectivity index (χ1n) is 5.91. The third kappa shape index (κ3) is 3.47. The largest absolute Gasteiger partial charge is 0.508 e. The minimum atomic E-state index is -0.754. The maximum Gasteiger partial charge on any atom is 0.322 e. The number of rotatable bonds is 3. The van der Waals surface area contributed by atoms with Gasteiger partial charge in [0.05, 0.1) is 7.11 Å². The number of esters is 1. The van der Waals surface area contributed by atoms with Crippen LogP contribution in [0, 0.1) is 0 Å². The minimum Gasteiger partial charge on any atom is -0.508 e. The van der Waals surface area contributed by atoms with E-state index in [-0.39, 0.29) is 17.6 Å². The molecule has 18 heavy (non-hydrogen) atoms. The molecule has 1 aromatic carbocycles. The van der Waals surface area contributed by atoms with Gasteiger partial charge < -0.3 is 15.6 Å². The van der Waals surface area contributed by atoms with Crippen molar-refractivity contribution in [2.24, 2.45) is 5.73 Å². The maximum atomic E-state index is 11.3. The molecule has 1 rings (SSSR count). The van der Waals surface area contributed by atoms with E-state index >= 15 is 0 Å². The molecule has 4 heteroatoms. The Kier molecular flexibility index (Phi) is 4.35. The standard InChI is InChI=1S/C14H21NO3/c1-14(2,3)10-5-6-12(16)9(7-10)8-11(15)13(17)18-4/h5-7,11,16H,8,15H2,1-4H3. The van der Waals surface area contributed by atoms with Gasteiger partial charge in [-0.25, -0.2) is 0 Å². The van der Waals surface area contributed by atoms with Gasteiger partial charge in [-0.05, 0) is 22.6 Å². The zero-order valence-corrected chi connectivity index (χ0v) is 11.4. The van der Waals surface area contributed by atoms with Crippen LogP contribution in [0.25, 0.3) is 0 Å². The van der Waals surface area contributed by atoms with E-state index in [9.17, 15) is 9.90 Å². The fraction of sp³-hybridized carbons (Fsp3) is 0.500. The van der Waals surface area contributed by atoms with Crippen molar-refractivity contribution in [3.63, 3.8) is 0 Å². The Hall–Kier alpha value is -1.55. The molecule has 1 aromatic rings. The zero-order valence-electron chi connectivity index (χ0n) is 11.4. The zero-order chi connectivity index (χ0) is 13.9. The molecule has 0 amide bonds. The summed E-state index contributed by atoms with van der Waals surface area (Å²) in [6.45, 7) is 6.26. The average Bonchev–Trinajstić information content (AvgIpc) is 2.29. The van der Waals surface area contributed by atoms with Gasteiger partial charge in [0, 0.05) is 6.42 Å². The van der Waals surface area contributed by atoms with Crippen LogP contribution in [0.5, 0.6) is 5.75 Å². The molecule has 0 saturated heterocycles. The van der Waals surface area contributed by atoms with E-state index in [1.54, 1.807) is 6.07 Å². The van der Waals surface area contributed by atoms with Gasteiger partial charge >= 0.3 is 5.97 Å². The highest BCUT2D eigenvalue weighted by molar-refractivity contribution is 5.75. The van der Waals surface area contributed by atoms with E-state index in [0.717, 1.165) is 5.56 Å². The first-order valence-corrected chi connectivity index (χ1v) is 5.91. The average molecular weight is 251 g/mol. The van der Waals surface area contributed by atoms with Gasteiger partial charge in [0.15, 0.2) is 0 Å². The lowest BCUT2D eigenvalue weighted by atomic mass is 9.85. The highest BCUT2D eigenvalue weighted by Crippen LogP contribution is 2.27. The van der Waals surface area contributed by atoms with Gasteiger partial charge in [0.2, 0.25) is 0 Å². The molecule has 0 fully saturated rings. The van der Waals surface area contributed by atoms with Crippen LogP contribution in [-0.4, -0.2) is 24.2 Å². The molecule has 4 nitrogen and oxygen atoms in total. The van der Waals surface area contributed by atoms with E-state index < -0.39 is 12.0 Å². The van der Waals surface area contributed by atoms with Crippen molar-refractivity contribution < 1.29 is 14.6 Å². The summed E-state index contributed by atoms with van der Waals surface area (Å²) in [4.78, 5) is 11.3. The number of phenolic OH excluding ortho intramolecular Hbond substituents is 1. The summed E-state index contributed by atoms with van der Waals surface area (Å²) in [5.41, 5.74) is 7.44. The van der Waals surface area contributed by atoms with E-state index in [1.165, 1.54) is 7.11 Å². The van der Waals surface area contributed by atoms with E-state index in [1.807, 2.05) is 12.1 Å². The fourth-order valence-electron chi connectivity index (χ4n) is 1.69. The van der Waals surface area contributed by atoms with Crippen LogP contribution in [0.3, 0.4) is 0 Å². The summed E-state index contributed by atoms with van der Waals surface area (Å²) in [5.74, 6) is -0.321. The Morgan fingerprint density at radius 1 is 1.44 bits per heavy atom. The third-order valence-electron chi connectivity index (χ3n) is 2.89. The molecular formula is C14H21NO3. The lowest BCUT2D eigenvalue weighted by molar-refractivity contribution is -0.142. The molecular weight excluding hydrogens is 230 g/mol. The quantitative estimate of drug-likeness (QED) is 0.802. The minimum absolute atomic E-state index is 0.0161. The number of carbonyl (C=O) groups excluding carboxylic acids is 1. The van der Waals surface area contributed by atoms with Crippen molar-refractivity contribution >= 4 is 5.97 Å². The van der Waals surface area contributed by atoms with Crippen LogP contribution < -0.4 is 5.73 Å². The van der Waals surface area contributed by atoms with Gasteiger partial charge in [0.25, 0.3) is 0 Å². The van der Waals surface area contributed by atoms with Crippen LogP contribution in [0.4, 0.5) is 0 Å². The van der Waals surface area contributed by atoms with E-state index in [4.69, 9.17) is 5.73 Å². The Balaban J connectivity index is 2.98. The number of ether oxygens (including phenoxy) is 1. The second-order valence-corrected chi connectivity index (χ2v) is 5.43. The van der Waals surface area contributed by atoms with Crippen LogP contribution in [0.15, 0.2) is 18.2 Å². The van der Waals surface area contributed by atoms with Gasteiger partial charge in [-0.2, -0.15) is 0 Å². The molecule has 0 aromatic heterocycles. The molecule has 0 heterocycles. The lowest BCUT2D eigenvalue weighted by Crippen LogP contribution is -2.33. The molecule has 0 aliphatic carbocycles. The number of benzene rings is 1. The van der Waals surface area contributed by atoms with Gasteiger partial charge in [-0.3, -0.25) is 4.79 Å². The van der Waals surface area contributed by atoms with Gasteiger partial charge in [0.1, 0.15) is 11.8 Å². The number of carbonyl (C=O) groups is 1. The Morgan fingerprint density at radius 3 is 2.56 bits per heavy atom. The molecule has 0 aliphatic rings. The Bertz CT molecular complexity index is 435. The summed E-state index contributed by atoms with van der Waals surface area (Å²) in [5, 5.41) is 9.80. The van der Waals surface area contributed by atoms with Crippen molar-refractivity contribution in [2.75, 3.05) is 7.11 Å². The number of methoxy groups -OCH3 is 1. The van der Waals surface area contributed by atoms with Gasteiger partial charge in [-0.1, -0.05) is 32.9 Å². The van der Waals surface area contributed by atoms with Crippen molar-refractivity contribution in [3.05, 3.63) is 29.3 Å². The molecule has 0 spiro atoms. The molecule has 0 saturated carbocycles. The fourth-order valence-corrected chi connectivity index (χ4v) is 1.69. The van der Waals surface area contributed by atoms with Crippen LogP contribution in [-0.2, 0) is 21.4 Å². The van der Waals surface area contributed by atoms with Crippen molar-refractivity contribution in [2.45, 2.75) is 38.6 Å². The van der Waals surface area contributed by atoms with Gasteiger partial charge in [-0.15, -0.1) is 0 Å². The van der Waals surface area contributed by atoms with E-state index in [0.29, 0.717) is 5.56 Å². The first-order chi connectivity index (χ1) is 8.25. The number of hydrogen-bond acceptors (Lipinski definition) is 4. The molecule has 100 valence electrons. The van der Waals surface area contributed by atoms with Crippen molar-refractivity contribution in [1.82, 2.24) is 0 Å². The van der Waals surface area contributed by atoms with Crippen LogP contribution in [0.1, 0.15) is 31.9 Å². The molecule has 1 unspecified atom stereocenters. The Morgan fingerprint density at radius 2 is 2.06 bits per heavy atom.